The highest BCUT2D eigenvalue weighted by Crippen LogP contribution is 2.35. The third kappa shape index (κ3) is 2.98. The molecule has 4 aromatic rings. The molecule has 3 aromatic heterocycles. The van der Waals surface area contributed by atoms with Crippen LogP contribution in [0.15, 0.2) is 52.1 Å². The Balaban J connectivity index is 1.48. The third-order valence-corrected chi connectivity index (χ3v) is 6.44. The van der Waals surface area contributed by atoms with Gasteiger partial charge in [-0.05, 0) is 56.7 Å². The predicted molar refractivity (Wildman–Crippen MR) is 111 cm³/mol. The number of carbonyl (C=O) groups is 1. The number of aromatic nitrogens is 3. The van der Waals surface area contributed by atoms with Crippen molar-refractivity contribution in [2.75, 3.05) is 0 Å². The maximum atomic E-state index is 12.8. The van der Waals surface area contributed by atoms with E-state index in [1.54, 1.807) is 29.7 Å². The fraction of sp³-hybridized carbons (Fsp3) is 0.227. The van der Waals surface area contributed by atoms with Crippen LogP contribution in [0.4, 0.5) is 0 Å². The summed E-state index contributed by atoms with van der Waals surface area (Å²) in [4.78, 5) is 19.1. The summed E-state index contributed by atoms with van der Waals surface area (Å²) in [5.41, 5.74) is 5.72. The maximum Gasteiger partial charge on any atom is 0.279 e. The van der Waals surface area contributed by atoms with E-state index in [1.807, 2.05) is 54.4 Å². The first-order valence-electron chi connectivity index (χ1n) is 9.49. The van der Waals surface area contributed by atoms with E-state index < -0.39 is 0 Å². The molecule has 0 atom stereocenters. The van der Waals surface area contributed by atoms with E-state index in [0.717, 1.165) is 46.9 Å². The first kappa shape index (κ1) is 17.9. The summed E-state index contributed by atoms with van der Waals surface area (Å²) in [6, 6.07) is 11.4. The van der Waals surface area contributed by atoms with Gasteiger partial charge in [-0.2, -0.15) is 10.1 Å². The highest BCUT2D eigenvalue weighted by Gasteiger charge is 2.23. The number of hydrogen-bond donors (Lipinski definition) is 0. The zero-order valence-electron chi connectivity index (χ0n) is 16.5. The lowest BCUT2D eigenvalue weighted by Gasteiger charge is -2.11. The van der Waals surface area contributed by atoms with E-state index >= 15 is 0 Å². The van der Waals surface area contributed by atoms with Crippen LogP contribution in [0.3, 0.4) is 0 Å². The zero-order valence-corrected chi connectivity index (χ0v) is 17.3. The Labute approximate surface area is 171 Å². The van der Waals surface area contributed by atoms with Crippen molar-refractivity contribution in [3.05, 3.63) is 75.1 Å². The fourth-order valence-corrected chi connectivity index (χ4v) is 4.99. The van der Waals surface area contributed by atoms with Crippen molar-refractivity contribution in [1.29, 1.82) is 0 Å². The second kappa shape index (κ2) is 6.70. The molecule has 3 heterocycles. The predicted octanol–water partition coefficient (Wildman–Crippen LogP) is 3.99. The molecule has 0 saturated heterocycles. The Morgan fingerprint density at radius 2 is 1.97 bits per heavy atom. The van der Waals surface area contributed by atoms with Crippen LogP contribution in [0.1, 0.15) is 32.4 Å². The number of furan rings is 1. The second-order valence-electron chi connectivity index (χ2n) is 7.28. The minimum atomic E-state index is -0.244. The van der Waals surface area contributed by atoms with E-state index in [4.69, 9.17) is 4.42 Å². The molecule has 0 N–H and O–H groups in total. The van der Waals surface area contributed by atoms with E-state index in [1.165, 1.54) is 4.88 Å². The number of nitrogens with zero attached hydrogens (tertiary/aromatic N) is 4. The molecule has 5 rings (SSSR count). The minimum Gasteiger partial charge on any atom is -0.469 e. The van der Waals surface area contributed by atoms with E-state index in [2.05, 4.69) is 10.1 Å². The first-order chi connectivity index (χ1) is 14.0. The molecular weight excluding hydrogens is 384 g/mol. The van der Waals surface area contributed by atoms with Crippen LogP contribution >= 0.6 is 11.3 Å². The highest BCUT2D eigenvalue weighted by molar-refractivity contribution is 7.09. The molecule has 0 radical (unpaired) electrons. The summed E-state index contributed by atoms with van der Waals surface area (Å²) in [6.45, 7) is 3.98. The van der Waals surface area contributed by atoms with E-state index in [-0.39, 0.29) is 5.91 Å². The summed E-state index contributed by atoms with van der Waals surface area (Å²) in [5.74, 6) is 0.759. The van der Waals surface area contributed by atoms with Gasteiger partial charge in [0, 0.05) is 35.2 Å². The number of rotatable bonds is 2. The molecule has 0 fully saturated rings. The lowest BCUT2D eigenvalue weighted by atomic mass is 10.0. The van der Waals surface area contributed by atoms with Crippen LogP contribution in [0.5, 0.6) is 0 Å². The summed E-state index contributed by atoms with van der Waals surface area (Å²) in [5, 5.41) is 4.48. The van der Waals surface area contributed by atoms with Crippen molar-refractivity contribution in [3.8, 4) is 16.9 Å². The molecule has 6 nitrogen and oxygen atoms in total. The second-order valence-corrected chi connectivity index (χ2v) is 8.34. The van der Waals surface area contributed by atoms with Gasteiger partial charge in [0.1, 0.15) is 5.76 Å². The standard InChI is InChI=1S/C22H20N4O2S/c1-13-12-14(2)26(24-13)16-6-4-15(5-7-16)21(27)23-22-25(3)20-17-10-11-28-18(17)8-9-19(20)29-22/h4-7,10-12H,8-9H2,1-3H3. The van der Waals surface area contributed by atoms with Crippen molar-refractivity contribution in [1.82, 2.24) is 14.3 Å². The molecule has 1 aromatic carbocycles. The van der Waals surface area contributed by atoms with Gasteiger partial charge in [0.2, 0.25) is 0 Å². The van der Waals surface area contributed by atoms with Crippen molar-refractivity contribution < 1.29 is 9.21 Å². The number of benzene rings is 1. The van der Waals surface area contributed by atoms with E-state index in [9.17, 15) is 4.79 Å². The summed E-state index contributed by atoms with van der Waals surface area (Å²) >= 11 is 1.58. The van der Waals surface area contributed by atoms with Gasteiger partial charge in [-0.3, -0.25) is 4.79 Å². The van der Waals surface area contributed by atoms with Crippen LogP contribution in [0.2, 0.25) is 0 Å². The Morgan fingerprint density at radius 3 is 2.69 bits per heavy atom. The molecule has 7 heteroatoms. The monoisotopic (exact) mass is 404 g/mol. The lowest BCUT2D eigenvalue weighted by Crippen LogP contribution is -2.15. The normalized spacial score (nSPS) is 13.4. The maximum absolute atomic E-state index is 12.8. The van der Waals surface area contributed by atoms with Crippen LogP contribution in [-0.2, 0) is 19.9 Å². The van der Waals surface area contributed by atoms with E-state index in [0.29, 0.717) is 10.4 Å². The van der Waals surface area contributed by atoms with Gasteiger partial charge in [-0.25, -0.2) is 4.68 Å². The average Bonchev–Trinajstić information content (AvgIpc) is 3.39. The van der Waals surface area contributed by atoms with Gasteiger partial charge >= 0.3 is 0 Å². The molecule has 0 saturated carbocycles. The number of aryl methyl sites for hydroxylation is 4. The number of carbonyl (C=O) groups excluding carboxylic acids is 1. The Hall–Kier alpha value is -3.19. The minimum absolute atomic E-state index is 0.244. The van der Waals surface area contributed by atoms with Crippen molar-refractivity contribution >= 4 is 17.2 Å². The third-order valence-electron chi connectivity index (χ3n) is 5.25. The van der Waals surface area contributed by atoms with Crippen molar-refractivity contribution in [3.63, 3.8) is 0 Å². The fourth-order valence-electron chi connectivity index (χ4n) is 3.87. The Bertz CT molecular complexity index is 1300. The summed E-state index contributed by atoms with van der Waals surface area (Å²) < 4.78 is 9.44. The molecule has 0 spiro atoms. The smallest absolute Gasteiger partial charge is 0.279 e. The van der Waals surface area contributed by atoms with Crippen LogP contribution in [0.25, 0.3) is 16.9 Å². The van der Waals surface area contributed by atoms with Gasteiger partial charge in [0.05, 0.1) is 23.3 Å². The molecule has 1 aliphatic rings. The molecule has 29 heavy (non-hydrogen) atoms. The molecule has 0 bridgehead atoms. The number of amides is 1. The number of hydrogen-bond acceptors (Lipinski definition) is 4. The van der Waals surface area contributed by atoms with Gasteiger partial charge in [0.25, 0.3) is 5.91 Å². The lowest BCUT2D eigenvalue weighted by molar-refractivity contribution is 0.0998. The van der Waals surface area contributed by atoms with Crippen molar-refractivity contribution in [2.24, 2.45) is 12.0 Å². The van der Waals surface area contributed by atoms with Gasteiger partial charge in [-0.1, -0.05) is 0 Å². The molecule has 0 unspecified atom stereocenters. The first-order valence-corrected chi connectivity index (χ1v) is 10.3. The molecule has 0 aliphatic heterocycles. The summed E-state index contributed by atoms with van der Waals surface area (Å²) in [7, 11) is 1.95. The zero-order chi connectivity index (χ0) is 20.1. The largest absolute Gasteiger partial charge is 0.469 e. The molecule has 146 valence electrons. The molecule has 1 aliphatic carbocycles. The number of fused-ring (bicyclic) bond motifs is 3. The molecular formula is C22H20N4O2S. The van der Waals surface area contributed by atoms with Gasteiger partial charge < -0.3 is 8.98 Å². The Kier molecular flexibility index (Phi) is 4.13. The topological polar surface area (TPSA) is 65.3 Å². The van der Waals surface area contributed by atoms with Gasteiger partial charge in [0.15, 0.2) is 4.80 Å². The van der Waals surface area contributed by atoms with Gasteiger partial charge in [-0.15, -0.1) is 11.3 Å². The van der Waals surface area contributed by atoms with Crippen LogP contribution in [0, 0.1) is 13.8 Å². The molecule has 1 amide bonds. The number of thiazole rings is 1. The SMILES string of the molecule is Cc1cc(C)n(-c2ccc(C(=O)N=c3sc4c(n3C)-c3ccoc3CC4)cc2)n1. The van der Waals surface area contributed by atoms with Crippen LogP contribution in [-0.4, -0.2) is 20.3 Å². The quantitative estimate of drug-likeness (QED) is 0.507. The Morgan fingerprint density at radius 1 is 1.17 bits per heavy atom. The van der Waals surface area contributed by atoms with Crippen LogP contribution < -0.4 is 4.80 Å². The van der Waals surface area contributed by atoms with Crippen molar-refractivity contribution in [2.45, 2.75) is 26.7 Å². The highest BCUT2D eigenvalue weighted by atomic mass is 32.1. The summed E-state index contributed by atoms with van der Waals surface area (Å²) in [6.07, 6.45) is 3.52. The average molecular weight is 404 g/mol.